The van der Waals surface area contributed by atoms with Crippen LogP contribution in [0.3, 0.4) is 0 Å². The number of hydrogen-bond donors (Lipinski definition) is 2. The predicted octanol–water partition coefficient (Wildman–Crippen LogP) is 2.18. The summed E-state index contributed by atoms with van der Waals surface area (Å²) in [6.07, 6.45) is 1.86. The molecule has 1 atom stereocenters. The highest BCUT2D eigenvalue weighted by Crippen LogP contribution is 2.32. The summed E-state index contributed by atoms with van der Waals surface area (Å²) >= 11 is 5.94. The Morgan fingerprint density at radius 1 is 1.53 bits per heavy atom. The number of benzene rings is 1. The van der Waals surface area contributed by atoms with E-state index >= 15 is 0 Å². The van der Waals surface area contributed by atoms with Gasteiger partial charge >= 0.3 is 0 Å². The first kappa shape index (κ1) is 12.4. The van der Waals surface area contributed by atoms with Crippen LogP contribution in [0.4, 0.5) is 0 Å². The van der Waals surface area contributed by atoms with Crippen LogP contribution < -0.4 is 11.1 Å². The van der Waals surface area contributed by atoms with Crippen LogP contribution in [0.5, 0.6) is 0 Å². The molecular formula is C13H17ClN2O. The average molecular weight is 253 g/mol. The highest BCUT2D eigenvalue weighted by atomic mass is 35.5. The maximum atomic E-state index is 11.8. The van der Waals surface area contributed by atoms with Crippen LogP contribution in [-0.2, 0) is 11.2 Å². The molecule has 1 aromatic rings. The fraction of sp³-hybridized carbons (Fsp3) is 0.462. The number of nitrogens with two attached hydrogens (primary N) is 1. The molecule has 1 aromatic carbocycles. The van der Waals surface area contributed by atoms with Crippen LogP contribution in [0, 0.1) is 0 Å². The monoisotopic (exact) mass is 252 g/mol. The Morgan fingerprint density at radius 2 is 2.24 bits per heavy atom. The van der Waals surface area contributed by atoms with E-state index in [9.17, 15) is 4.79 Å². The summed E-state index contributed by atoms with van der Waals surface area (Å²) in [7, 11) is 0. The normalized spacial score (nSPS) is 18.9. The van der Waals surface area contributed by atoms with Crippen molar-refractivity contribution < 1.29 is 4.79 Å². The SMILES string of the molecule is CC(C)(N)C(=O)NC1CCc2cc(Cl)ccc21. The minimum atomic E-state index is -0.838. The van der Waals surface area contributed by atoms with Crippen molar-refractivity contribution >= 4 is 17.5 Å². The van der Waals surface area contributed by atoms with E-state index in [2.05, 4.69) is 5.32 Å². The van der Waals surface area contributed by atoms with Crippen LogP contribution >= 0.6 is 11.6 Å². The number of amides is 1. The van der Waals surface area contributed by atoms with Gasteiger partial charge in [0.25, 0.3) is 0 Å². The van der Waals surface area contributed by atoms with E-state index in [0.29, 0.717) is 0 Å². The molecule has 92 valence electrons. The predicted molar refractivity (Wildman–Crippen MR) is 68.9 cm³/mol. The van der Waals surface area contributed by atoms with E-state index < -0.39 is 5.54 Å². The lowest BCUT2D eigenvalue weighted by molar-refractivity contribution is -0.126. The number of hydrogen-bond acceptors (Lipinski definition) is 2. The van der Waals surface area contributed by atoms with Crippen molar-refractivity contribution in [2.75, 3.05) is 0 Å². The minimum Gasteiger partial charge on any atom is -0.348 e. The fourth-order valence-electron chi connectivity index (χ4n) is 2.08. The second kappa shape index (κ2) is 4.31. The summed E-state index contributed by atoms with van der Waals surface area (Å²) in [5, 5.41) is 3.73. The summed E-state index contributed by atoms with van der Waals surface area (Å²) in [5.41, 5.74) is 7.31. The number of fused-ring (bicyclic) bond motifs is 1. The summed E-state index contributed by atoms with van der Waals surface area (Å²) in [6, 6.07) is 5.88. The lowest BCUT2D eigenvalue weighted by atomic mass is 10.0. The van der Waals surface area contributed by atoms with Gasteiger partial charge in [0.2, 0.25) is 5.91 Å². The first-order valence-corrected chi connectivity index (χ1v) is 6.14. The highest BCUT2D eigenvalue weighted by molar-refractivity contribution is 6.30. The molecule has 1 unspecified atom stereocenters. The second-order valence-corrected chi connectivity index (χ2v) is 5.57. The van der Waals surface area contributed by atoms with Gasteiger partial charge in [-0.3, -0.25) is 4.79 Å². The van der Waals surface area contributed by atoms with Gasteiger partial charge in [0.05, 0.1) is 11.6 Å². The average Bonchev–Trinajstić information content (AvgIpc) is 2.59. The van der Waals surface area contributed by atoms with Crippen molar-refractivity contribution in [1.82, 2.24) is 5.32 Å². The van der Waals surface area contributed by atoms with Crippen molar-refractivity contribution in [3.63, 3.8) is 0 Å². The van der Waals surface area contributed by atoms with Crippen molar-refractivity contribution in [1.29, 1.82) is 0 Å². The van der Waals surface area contributed by atoms with Crippen LogP contribution in [0.2, 0.25) is 5.02 Å². The highest BCUT2D eigenvalue weighted by Gasteiger charge is 2.28. The van der Waals surface area contributed by atoms with E-state index in [4.69, 9.17) is 17.3 Å². The Balaban J connectivity index is 2.15. The maximum Gasteiger partial charge on any atom is 0.239 e. The van der Waals surface area contributed by atoms with E-state index in [0.717, 1.165) is 23.4 Å². The first-order chi connectivity index (χ1) is 7.88. The molecule has 4 heteroatoms. The molecule has 0 fully saturated rings. The smallest absolute Gasteiger partial charge is 0.239 e. The molecule has 1 aliphatic carbocycles. The third kappa shape index (κ3) is 2.61. The van der Waals surface area contributed by atoms with Crippen LogP contribution in [0.1, 0.15) is 37.4 Å². The molecule has 0 spiro atoms. The van der Waals surface area contributed by atoms with Crippen molar-refractivity contribution in [3.05, 3.63) is 34.3 Å². The molecular weight excluding hydrogens is 236 g/mol. The molecule has 1 amide bonds. The number of rotatable bonds is 2. The van der Waals surface area contributed by atoms with Crippen molar-refractivity contribution in [3.8, 4) is 0 Å². The van der Waals surface area contributed by atoms with E-state index in [-0.39, 0.29) is 11.9 Å². The van der Waals surface area contributed by atoms with E-state index in [1.807, 2.05) is 18.2 Å². The fourth-order valence-corrected chi connectivity index (χ4v) is 2.27. The van der Waals surface area contributed by atoms with Gasteiger partial charge < -0.3 is 11.1 Å². The van der Waals surface area contributed by atoms with Crippen LogP contribution in [0.25, 0.3) is 0 Å². The van der Waals surface area contributed by atoms with Gasteiger partial charge in [-0.15, -0.1) is 0 Å². The third-order valence-corrected chi connectivity index (χ3v) is 3.31. The summed E-state index contributed by atoms with van der Waals surface area (Å²) < 4.78 is 0. The van der Waals surface area contributed by atoms with Gasteiger partial charge in [-0.2, -0.15) is 0 Å². The van der Waals surface area contributed by atoms with E-state index in [1.54, 1.807) is 13.8 Å². The quantitative estimate of drug-likeness (QED) is 0.848. The molecule has 0 saturated heterocycles. The zero-order valence-electron chi connectivity index (χ0n) is 10.1. The van der Waals surface area contributed by atoms with E-state index in [1.165, 1.54) is 5.56 Å². The molecule has 0 heterocycles. The summed E-state index contributed by atoms with van der Waals surface area (Å²) in [5.74, 6) is -0.120. The topological polar surface area (TPSA) is 55.1 Å². The zero-order valence-corrected chi connectivity index (χ0v) is 10.8. The molecule has 0 bridgehead atoms. The molecule has 2 rings (SSSR count). The van der Waals surface area contributed by atoms with Gasteiger partial charge in [0.1, 0.15) is 0 Å². The standard InChI is InChI=1S/C13H17ClN2O/c1-13(2,15)12(17)16-11-6-3-8-7-9(14)4-5-10(8)11/h4-5,7,11H,3,6,15H2,1-2H3,(H,16,17). The number of nitrogens with one attached hydrogen (secondary N) is 1. The Labute approximate surface area is 106 Å². The van der Waals surface area contributed by atoms with Gasteiger partial charge in [-0.25, -0.2) is 0 Å². The number of carbonyl (C=O) groups excluding carboxylic acids is 1. The second-order valence-electron chi connectivity index (χ2n) is 5.13. The lowest BCUT2D eigenvalue weighted by Crippen LogP contribution is -2.49. The third-order valence-electron chi connectivity index (χ3n) is 3.07. The molecule has 0 saturated carbocycles. The van der Waals surface area contributed by atoms with Gasteiger partial charge in [-0.05, 0) is 49.9 Å². The molecule has 3 N–H and O–H groups in total. The summed E-state index contributed by atoms with van der Waals surface area (Å²) in [4.78, 5) is 11.8. The Hall–Kier alpha value is -1.06. The lowest BCUT2D eigenvalue weighted by Gasteiger charge is -2.22. The number of carbonyl (C=O) groups is 1. The minimum absolute atomic E-state index is 0.0672. The number of aryl methyl sites for hydroxylation is 1. The molecule has 0 aromatic heterocycles. The first-order valence-electron chi connectivity index (χ1n) is 5.76. The largest absolute Gasteiger partial charge is 0.348 e. The molecule has 1 aliphatic rings. The van der Waals surface area contributed by atoms with Crippen molar-refractivity contribution in [2.24, 2.45) is 5.73 Å². The van der Waals surface area contributed by atoms with Crippen molar-refractivity contribution in [2.45, 2.75) is 38.3 Å². The Bertz CT molecular complexity index is 451. The molecule has 0 radical (unpaired) electrons. The summed E-state index contributed by atoms with van der Waals surface area (Å²) in [6.45, 7) is 3.42. The Kier molecular flexibility index (Phi) is 3.15. The van der Waals surface area contributed by atoms with Gasteiger partial charge in [-0.1, -0.05) is 17.7 Å². The van der Waals surface area contributed by atoms with Gasteiger partial charge in [0.15, 0.2) is 0 Å². The van der Waals surface area contributed by atoms with Crippen LogP contribution in [0.15, 0.2) is 18.2 Å². The Morgan fingerprint density at radius 3 is 2.88 bits per heavy atom. The number of halogens is 1. The zero-order chi connectivity index (χ0) is 12.6. The van der Waals surface area contributed by atoms with Crippen LogP contribution in [-0.4, -0.2) is 11.4 Å². The van der Waals surface area contributed by atoms with Gasteiger partial charge in [0, 0.05) is 5.02 Å². The molecule has 17 heavy (non-hydrogen) atoms. The maximum absolute atomic E-state index is 11.8. The molecule has 0 aliphatic heterocycles. The molecule has 3 nitrogen and oxygen atoms in total.